The maximum atomic E-state index is 9.11. The number of nitrogens with zero attached hydrogens (tertiary/aromatic N) is 1. The van der Waals surface area contributed by atoms with Crippen molar-refractivity contribution in [3.63, 3.8) is 0 Å². The molecule has 0 aromatic heterocycles. The number of hydrogen-bond donors (Lipinski definition) is 1. The molecule has 1 saturated heterocycles. The second-order valence-electron chi connectivity index (χ2n) is 3.65. The molecule has 1 rings (SSSR count). The van der Waals surface area contributed by atoms with Gasteiger partial charge in [0.25, 0.3) is 0 Å². The van der Waals surface area contributed by atoms with Gasteiger partial charge in [-0.3, -0.25) is 5.32 Å². The van der Waals surface area contributed by atoms with Crippen LogP contribution in [-0.4, -0.2) is 22.6 Å². The predicted octanol–water partition coefficient (Wildman–Crippen LogP) is 1.77. The molecular formula is C9H16N2S. The molecule has 1 aliphatic heterocycles. The molecule has 12 heavy (non-hydrogen) atoms. The molecule has 0 saturated carbocycles. The van der Waals surface area contributed by atoms with Crippen LogP contribution >= 0.6 is 11.8 Å². The van der Waals surface area contributed by atoms with Crippen molar-refractivity contribution in [2.24, 2.45) is 0 Å². The van der Waals surface area contributed by atoms with E-state index in [4.69, 9.17) is 5.26 Å². The summed E-state index contributed by atoms with van der Waals surface area (Å²) in [5.41, 5.74) is -0.265. The molecule has 68 valence electrons. The molecule has 0 aromatic carbocycles. The van der Waals surface area contributed by atoms with Gasteiger partial charge >= 0.3 is 0 Å². The molecule has 0 bridgehead atoms. The van der Waals surface area contributed by atoms with E-state index in [-0.39, 0.29) is 5.54 Å². The summed E-state index contributed by atoms with van der Waals surface area (Å²) in [6, 6.07) is 2.82. The van der Waals surface area contributed by atoms with Crippen molar-refractivity contribution in [2.45, 2.75) is 44.0 Å². The highest BCUT2D eigenvalue weighted by molar-refractivity contribution is 8.00. The molecule has 0 radical (unpaired) electrons. The third-order valence-electron chi connectivity index (χ3n) is 2.30. The quantitative estimate of drug-likeness (QED) is 0.710. The molecule has 0 amide bonds. The van der Waals surface area contributed by atoms with E-state index in [1.165, 1.54) is 0 Å². The summed E-state index contributed by atoms with van der Waals surface area (Å²) in [4.78, 5) is 0. The predicted molar refractivity (Wildman–Crippen MR) is 53.2 cm³/mol. The van der Waals surface area contributed by atoms with Gasteiger partial charge in [-0.2, -0.15) is 17.0 Å². The average molecular weight is 184 g/mol. The third kappa shape index (κ3) is 1.75. The van der Waals surface area contributed by atoms with Gasteiger partial charge in [0.2, 0.25) is 0 Å². The highest BCUT2D eigenvalue weighted by Crippen LogP contribution is 2.35. The average Bonchev–Trinajstić information content (AvgIpc) is 2.32. The van der Waals surface area contributed by atoms with E-state index in [0.717, 1.165) is 12.2 Å². The zero-order valence-electron chi connectivity index (χ0n) is 7.92. The number of nitriles is 1. The fourth-order valence-electron chi connectivity index (χ4n) is 1.63. The Kier molecular flexibility index (Phi) is 3.03. The Labute approximate surface area is 78.7 Å². The lowest BCUT2D eigenvalue weighted by atomic mass is 9.94. The Morgan fingerprint density at radius 3 is 2.67 bits per heavy atom. The molecule has 1 fully saturated rings. The first-order chi connectivity index (χ1) is 5.60. The maximum absolute atomic E-state index is 9.11. The van der Waals surface area contributed by atoms with Crippen LogP contribution in [0, 0.1) is 11.3 Å². The summed E-state index contributed by atoms with van der Waals surface area (Å²) in [7, 11) is 0. The summed E-state index contributed by atoms with van der Waals surface area (Å²) in [6.45, 7) is 6.32. The van der Waals surface area contributed by atoms with E-state index < -0.39 is 0 Å². The SMILES string of the molecule is CC(C)NC1(C#N)CCSC1C. The molecule has 0 aliphatic carbocycles. The molecule has 1 heterocycles. The second kappa shape index (κ2) is 3.68. The van der Waals surface area contributed by atoms with Crippen molar-refractivity contribution in [3.8, 4) is 6.07 Å². The van der Waals surface area contributed by atoms with Crippen molar-refractivity contribution in [3.05, 3.63) is 0 Å². The van der Waals surface area contributed by atoms with Crippen LogP contribution in [0.2, 0.25) is 0 Å². The van der Waals surface area contributed by atoms with E-state index >= 15 is 0 Å². The fourth-order valence-corrected chi connectivity index (χ4v) is 2.94. The molecule has 0 spiro atoms. The summed E-state index contributed by atoms with van der Waals surface area (Å²) >= 11 is 1.89. The van der Waals surface area contributed by atoms with Crippen molar-refractivity contribution in [1.82, 2.24) is 5.32 Å². The van der Waals surface area contributed by atoms with E-state index in [1.54, 1.807) is 0 Å². The summed E-state index contributed by atoms with van der Waals surface area (Å²) in [5.74, 6) is 1.11. The smallest absolute Gasteiger partial charge is 0.119 e. The lowest BCUT2D eigenvalue weighted by Gasteiger charge is -2.28. The van der Waals surface area contributed by atoms with Crippen LogP contribution in [0.5, 0.6) is 0 Å². The van der Waals surface area contributed by atoms with Crippen LogP contribution in [0.1, 0.15) is 27.2 Å². The largest absolute Gasteiger partial charge is 0.296 e. The Hall–Kier alpha value is -0.200. The lowest BCUT2D eigenvalue weighted by molar-refractivity contribution is 0.378. The van der Waals surface area contributed by atoms with Crippen LogP contribution in [0.25, 0.3) is 0 Å². The van der Waals surface area contributed by atoms with Gasteiger partial charge in [0.15, 0.2) is 0 Å². The highest BCUT2D eigenvalue weighted by Gasteiger charge is 2.41. The van der Waals surface area contributed by atoms with Crippen LogP contribution in [0.15, 0.2) is 0 Å². The summed E-state index contributed by atoms with van der Waals surface area (Å²) < 4.78 is 0. The third-order valence-corrected chi connectivity index (χ3v) is 3.65. The second-order valence-corrected chi connectivity index (χ2v) is 5.09. The van der Waals surface area contributed by atoms with E-state index in [0.29, 0.717) is 11.3 Å². The Balaban J connectivity index is 2.69. The Morgan fingerprint density at radius 1 is 1.67 bits per heavy atom. The first kappa shape index (κ1) is 9.88. The molecule has 3 heteroatoms. The minimum atomic E-state index is -0.265. The van der Waals surface area contributed by atoms with Gasteiger partial charge in [0, 0.05) is 11.3 Å². The van der Waals surface area contributed by atoms with Gasteiger partial charge in [0.05, 0.1) is 6.07 Å². The minimum Gasteiger partial charge on any atom is -0.296 e. The highest BCUT2D eigenvalue weighted by atomic mass is 32.2. The number of nitrogens with one attached hydrogen (secondary N) is 1. The van der Waals surface area contributed by atoms with Crippen molar-refractivity contribution in [1.29, 1.82) is 5.26 Å². The van der Waals surface area contributed by atoms with E-state index in [1.807, 2.05) is 11.8 Å². The molecule has 2 nitrogen and oxygen atoms in total. The zero-order valence-corrected chi connectivity index (χ0v) is 8.74. The van der Waals surface area contributed by atoms with Gasteiger partial charge in [-0.15, -0.1) is 0 Å². The summed E-state index contributed by atoms with van der Waals surface area (Å²) in [6.07, 6.45) is 0.980. The number of rotatable bonds is 2. The van der Waals surface area contributed by atoms with Crippen LogP contribution < -0.4 is 5.32 Å². The van der Waals surface area contributed by atoms with E-state index in [9.17, 15) is 0 Å². The normalized spacial score (nSPS) is 35.4. The van der Waals surface area contributed by atoms with Crippen molar-refractivity contribution in [2.75, 3.05) is 5.75 Å². The molecule has 2 unspecified atom stereocenters. The molecule has 1 N–H and O–H groups in total. The van der Waals surface area contributed by atoms with Gasteiger partial charge in [0.1, 0.15) is 5.54 Å². The summed E-state index contributed by atoms with van der Waals surface area (Å²) in [5, 5.41) is 12.9. The molecule has 1 aliphatic rings. The topological polar surface area (TPSA) is 35.8 Å². The Morgan fingerprint density at radius 2 is 2.33 bits per heavy atom. The van der Waals surface area contributed by atoms with Crippen LogP contribution in [0.4, 0.5) is 0 Å². The maximum Gasteiger partial charge on any atom is 0.119 e. The monoisotopic (exact) mass is 184 g/mol. The van der Waals surface area contributed by atoms with Crippen LogP contribution in [0.3, 0.4) is 0 Å². The molecule has 2 atom stereocenters. The Bertz CT molecular complexity index is 197. The lowest BCUT2D eigenvalue weighted by Crippen LogP contribution is -2.51. The zero-order chi connectivity index (χ0) is 9.19. The van der Waals surface area contributed by atoms with E-state index in [2.05, 4.69) is 32.2 Å². The van der Waals surface area contributed by atoms with Gasteiger partial charge in [-0.05, 0) is 26.0 Å². The molecule has 0 aromatic rings. The van der Waals surface area contributed by atoms with Gasteiger partial charge in [-0.25, -0.2) is 0 Å². The van der Waals surface area contributed by atoms with Crippen molar-refractivity contribution < 1.29 is 0 Å². The van der Waals surface area contributed by atoms with Crippen LogP contribution in [-0.2, 0) is 0 Å². The number of thioether (sulfide) groups is 1. The first-order valence-corrected chi connectivity index (χ1v) is 5.46. The number of hydrogen-bond acceptors (Lipinski definition) is 3. The van der Waals surface area contributed by atoms with Gasteiger partial charge in [-0.1, -0.05) is 6.92 Å². The standard InChI is InChI=1S/C9H16N2S/c1-7(2)11-9(6-10)4-5-12-8(9)3/h7-8,11H,4-5H2,1-3H3. The van der Waals surface area contributed by atoms with Gasteiger partial charge < -0.3 is 0 Å². The van der Waals surface area contributed by atoms with Crippen molar-refractivity contribution >= 4 is 11.8 Å². The first-order valence-electron chi connectivity index (χ1n) is 4.41. The minimum absolute atomic E-state index is 0.265. The molecular weight excluding hydrogens is 168 g/mol. The fraction of sp³-hybridized carbons (Fsp3) is 0.889.